The Balaban J connectivity index is 1.91. The van der Waals surface area contributed by atoms with E-state index in [9.17, 15) is 4.79 Å². The molecule has 1 N–H and O–H groups in total. The van der Waals surface area contributed by atoms with E-state index >= 15 is 0 Å². The van der Waals surface area contributed by atoms with E-state index in [2.05, 4.69) is 12.2 Å². The molecule has 2 unspecified atom stereocenters. The third-order valence-corrected chi connectivity index (χ3v) is 4.50. The Bertz CT molecular complexity index is 703. The van der Waals surface area contributed by atoms with Gasteiger partial charge in [-0.1, -0.05) is 42.8 Å². The molecule has 0 heterocycles. The Morgan fingerprint density at radius 2 is 1.85 bits per heavy atom. The summed E-state index contributed by atoms with van der Waals surface area (Å²) in [5, 5.41) is 4.19. The summed E-state index contributed by atoms with van der Waals surface area (Å²) in [6, 6.07) is 15.3. The number of benzene rings is 2. The van der Waals surface area contributed by atoms with Crippen LogP contribution >= 0.6 is 11.6 Å². The summed E-state index contributed by atoms with van der Waals surface area (Å²) < 4.78 is 10.6. The van der Waals surface area contributed by atoms with Crippen LogP contribution < -0.4 is 5.32 Å². The van der Waals surface area contributed by atoms with Crippen molar-refractivity contribution in [2.75, 3.05) is 26.8 Å². The van der Waals surface area contributed by atoms with Crippen LogP contribution in [-0.2, 0) is 9.47 Å². The van der Waals surface area contributed by atoms with Crippen LogP contribution in [0.4, 0.5) is 0 Å². The van der Waals surface area contributed by atoms with Gasteiger partial charge in [0.1, 0.15) is 0 Å². The van der Waals surface area contributed by atoms with Crippen molar-refractivity contribution in [3.05, 3.63) is 70.2 Å². The Kier molecular flexibility index (Phi) is 8.10. The summed E-state index contributed by atoms with van der Waals surface area (Å²) >= 11 is 6.09. The van der Waals surface area contributed by atoms with Gasteiger partial charge in [-0.25, -0.2) is 4.79 Å². The van der Waals surface area contributed by atoms with Crippen LogP contribution in [0.25, 0.3) is 0 Å². The maximum atomic E-state index is 11.5. The van der Waals surface area contributed by atoms with Crippen molar-refractivity contribution in [3.8, 4) is 0 Å². The molecule has 0 spiro atoms. The third kappa shape index (κ3) is 5.84. The molecular weight excluding hydrogens is 350 g/mol. The second kappa shape index (κ2) is 10.3. The van der Waals surface area contributed by atoms with Crippen LogP contribution in [0.1, 0.15) is 47.4 Å². The zero-order chi connectivity index (χ0) is 18.9. The summed E-state index contributed by atoms with van der Waals surface area (Å²) in [7, 11) is 1.39. The van der Waals surface area contributed by atoms with Crippen LogP contribution in [0.2, 0.25) is 5.02 Å². The number of ether oxygens (including phenoxy) is 2. The van der Waals surface area contributed by atoms with Gasteiger partial charge in [0, 0.05) is 24.7 Å². The molecule has 2 rings (SSSR count). The first-order chi connectivity index (χ1) is 12.5. The maximum Gasteiger partial charge on any atom is 0.337 e. The average molecular weight is 376 g/mol. The number of hydrogen-bond acceptors (Lipinski definition) is 4. The van der Waals surface area contributed by atoms with Crippen molar-refractivity contribution in [3.63, 3.8) is 0 Å². The Labute approximate surface area is 160 Å². The minimum Gasteiger partial charge on any atom is -0.465 e. The highest BCUT2D eigenvalue weighted by atomic mass is 35.5. The van der Waals surface area contributed by atoms with Gasteiger partial charge in [0.05, 0.1) is 18.8 Å². The number of methoxy groups -OCH3 is 1. The Morgan fingerprint density at radius 3 is 2.46 bits per heavy atom. The number of esters is 1. The summed E-state index contributed by atoms with van der Waals surface area (Å²) in [6.07, 6.45) is -0.0346. The molecule has 0 amide bonds. The molecule has 0 saturated heterocycles. The van der Waals surface area contributed by atoms with Crippen LogP contribution in [0.3, 0.4) is 0 Å². The molecule has 0 aliphatic carbocycles. The smallest absolute Gasteiger partial charge is 0.337 e. The van der Waals surface area contributed by atoms with Gasteiger partial charge in [-0.15, -0.1) is 0 Å². The zero-order valence-corrected chi connectivity index (χ0v) is 16.3. The van der Waals surface area contributed by atoms with Gasteiger partial charge in [0.15, 0.2) is 0 Å². The molecule has 0 saturated carbocycles. The molecule has 0 bridgehead atoms. The molecule has 26 heavy (non-hydrogen) atoms. The number of carbonyl (C=O) groups is 1. The van der Waals surface area contributed by atoms with E-state index in [0.717, 1.165) is 12.1 Å². The first-order valence-electron chi connectivity index (χ1n) is 8.81. The fraction of sp³-hybridized carbons (Fsp3) is 0.381. The fourth-order valence-electron chi connectivity index (χ4n) is 2.80. The van der Waals surface area contributed by atoms with Crippen molar-refractivity contribution in [1.29, 1.82) is 0 Å². The van der Waals surface area contributed by atoms with Gasteiger partial charge < -0.3 is 14.8 Å². The van der Waals surface area contributed by atoms with Crippen LogP contribution in [0.15, 0.2) is 48.5 Å². The van der Waals surface area contributed by atoms with Gasteiger partial charge in [-0.05, 0) is 48.2 Å². The van der Waals surface area contributed by atoms with Crippen LogP contribution in [0, 0.1) is 0 Å². The molecule has 0 aromatic heterocycles. The zero-order valence-electron chi connectivity index (χ0n) is 15.5. The highest BCUT2D eigenvalue weighted by Crippen LogP contribution is 2.21. The SMILES string of the molecule is CCOC(CNCC(C)c1ccc(C(=O)OC)cc1)c1cccc(Cl)c1. The normalized spacial score (nSPS) is 13.2. The fourth-order valence-corrected chi connectivity index (χ4v) is 2.99. The molecule has 0 aliphatic heterocycles. The lowest BCUT2D eigenvalue weighted by Gasteiger charge is -2.20. The lowest BCUT2D eigenvalue weighted by molar-refractivity contribution is 0.0600. The van der Waals surface area contributed by atoms with Crippen molar-refractivity contribution in [1.82, 2.24) is 5.32 Å². The van der Waals surface area contributed by atoms with Gasteiger partial charge in [0.2, 0.25) is 0 Å². The van der Waals surface area contributed by atoms with Crippen LogP contribution in [0.5, 0.6) is 0 Å². The Hall–Kier alpha value is -1.88. The van der Waals surface area contributed by atoms with E-state index in [-0.39, 0.29) is 12.1 Å². The second-order valence-electron chi connectivity index (χ2n) is 6.17. The van der Waals surface area contributed by atoms with E-state index < -0.39 is 0 Å². The molecule has 0 fully saturated rings. The maximum absolute atomic E-state index is 11.5. The quantitative estimate of drug-likeness (QED) is 0.651. The van der Waals surface area contributed by atoms with Gasteiger partial charge >= 0.3 is 5.97 Å². The van der Waals surface area contributed by atoms with E-state index in [0.29, 0.717) is 29.7 Å². The minimum atomic E-state index is -0.316. The largest absolute Gasteiger partial charge is 0.465 e. The van der Waals surface area contributed by atoms with Crippen molar-refractivity contribution in [2.24, 2.45) is 0 Å². The number of hydrogen-bond donors (Lipinski definition) is 1. The molecule has 0 radical (unpaired) electrons. The topological polar surface area (TPSA) is 47.6 Å². The van der Waals surface area contributed by atoms with Crippen LogP contribution in [-0.4, -0.2) is 32.8 Å². The number of carbonyl (C=O) groups excluding carboxylic acids is 1. The highest BCUT2D eigenvalue weighted by molar-refractivity contribution is 6.30. The molecule has 2 atom stereocenters. The number of halogens is 1. The monoisotopic (exact) mass is 375 g/mol. The first kappa shape index (κ1) is 20.4. The molecule has 2 aromatic carbocycles. The third-order valence-electron chi connectivity index (χ3n) is 4.27. The lowest BCUT2D eigenvalue weighted by atomic mass is 9.99. The van der Waals surface area contributed by atoms with Crippen molar-refractivity contribution in [2.45, 2.75) is 25.9 Å². The Morgan fingerprint density at radius 1 is 1.12 bits per heavy atom. The number of nitrogens with one attached hydrogen (secondary N) is 1. The average Bonchev–Trinajstić information content (AvgIpc) is 2.66. The first-order valence-corrected chi connectivity index (χ1v) is 9.19. The summed E-state index contributed by atoms with van der Waals surface area (Å²) in [6.45, 7) is 6.29. The number of rotatable bonds is 9. The van der Waals surface area contributed by atoms with E-state index in [1.54, 1.807) is 12.1 Å². The van der Waals surface area contributed by atoms with E-state index in [1.165, 1.54) is 12.7 Å². The molecule has 140 valence electrons. The minimum absolute atomic E-state index is 0.0346. The molecular formula is C21H26ClNO3. The molecule has 0 aliphatic rings. The second-order valence-corrected chi connectivity index (χ2v) is 6.61. The summed E-state index contributed by atoms with van der Waals surface area (Å²) in [4.78, 5) is 11.5. The van der Waals surface area contributed by atoms with Crippen molar-refractivity contribution >= 4 is 17.6 Å². The molecule has 5 heteroatoms. The van der Waals surface area contributed by atoms with Crippen molar-refractivity contribution < 1.29 is 14.3 Å². The standard InChI is InChI=1S/C21H26ClNO3/c1-4-26-20(18-6-5-7-19(22)12-18)14-23-13-15(2)16-8-10-17(11-9-16)21(24)25-3/h5-12,15,20,23H,4,13-14H2,1-3H3. The van der Waals surface area contributed by atoms with E-state index in [1.807, 2.05) is 43.3 Å². The van der Waals surface area contributed by atoms with Gasteiger partial charge in [-0.2, -0.15) is 0 Å². The molecule has 4 nitrogen and oxygen atoms in total. The summed E-state index contributed by atoms with van der Waals surface area (Å²) in [5.74, 6) is -0.00765. The van der Waals surface area contributed by atoms with Gasteiger partial charge in [0.25, 0.3) is 0 Å². The summed E-state index contributed by atoms with van der Waals surface area (Å²) in [5.41, 5.74) is 2.80. The lowest BCUT2D eigenvalue weighted by Crippen LogP contribution is -2.27. The highest BCUT2D eigenvalue weighted by Gasteiger charge is 2.13. The predicted molar refractivity (Wildman–Crippen MR) is 105 cm³/mol. The molecule has 2 aromatic rings. The predicted octanol–water partition coefficient (Wildman–Crippen LogP) is 4.60. The van der Waals surface area contributed by atoms with Gasteiger partial charge in [-0.3, -0.25) is 0 Å². The van der Waals surface area contributed by atoms with E-state index in [4.69, 9.17) is 21.1 Å².